The van der Waals surface area contributed by atoms with E-state index in [-0.39, 0.29) is 17.4 Å². The standard InChI is InChI=1S/C13H20N4O/c1-13(2,3)12-15-7-9(8-16-12)17-11(18)10-5-4-6-14-10/h7-8,10,14H,4-6H2,1-3H3,(H,17,18). The van der Waals surface area contributed by atoms with Gasteiger partial charge in [-0.2, -0.15) is 0 Å². The first-order valence-electron chi connectivity index (χ1n) is 6.33. The van der Waals surface area contributed by atoms with E-state index in [1.807, 2.05) is 0 Å². The minimum Gasteiger partial charge on any atom is -0.322 e. The van der Waals surface area contributed by atoms with E-state index in [2.05, 4.69) is 41.4 Å². The van der Waals surface area contributed by atoms with Crippen molar-refractivity contribution in [2.24, 2.45) is 0 Å². The zero-order chi connectivity index (χ0) is 13.2. The van der Waals surface area contributed by atoms with Gasteiger partial charge in [-0.05, 0) is 19.4 Å². The Balaban J connectivity index is 2.00. The first kappa shape index (κ1) is 13.0. The van der Waals surface area contributed by atoms with Crippen LogP contribution < -0.4 is 10.6 Å². The molecule has 0 aromatic carbocycles. The topological polar surface area (TPSA) is 66.9 Å². The van der Waals surface area contributed by atoms with Crippen LogP contribution in [0, 0.1) is 0 Å². The first-order valence-corrected chi connectivity index (χ1v) is 6.33. The average Bonchev–Trinajstić information content (AvgIpc) is 2.82. The van der Waals surface area contributed by atoms with E-state index in [9.17, 15) is 4.79 Å². The van der Waals surface area contributed by atoms with Crippen LogP contribution in [0.5, 0.6) is 0 Å². The Kier molecular flexibility index (Phi) is 3.61. The maximum Gasteiger partial charge on any atom is 0.241 e. The molecule has 0 aliphatic carbocycles. The van der Waals surface area contributed by atoms with Crippen LogP contribution in [0.15, 0.2) is 12.4 Å². The van der Waals surface area contributed by atoms with Crippen molar-refractivity contribution in [2.75, 3.05) is 11.9 Å². The van der Waals surface area contributed by atoms with Gasteiger partial charge in [0.1, 0.15) is 5.82 Å². The van der Waals surface area contributed by atoms with Gasteiger partial charge in [-0.15, -0.1) is 0 Å². The van der Waals surface area contributed by atoms with E-state index in [1.54, 1.807) is 12.4 Å². The normalized spacial score (nSPS) is 19.8. The molecule has 1 aromatic rings. The van der Waals surface area contributed by atoms with Crippen molar-refractivity contribution in [1.29, 1.82) is 0 Å². The molecule has 5 heteroatoms. The summed E-state index contributed by atoms with van der Waals surface area (Å²) in [4.78, 5) is 20.4. The maximum atomic E-state index is 11.9. The van der Waals surface area contributed by atoms with Gasteiger partial charge >= 0.3 is 0 Å². The van der Waals surface area contributed by atoms with E-state index in [1.165, 1.54) is 0 Å². The molecular weight excluding hydrogens is 228 g/mol. The van der Waals surface area contributed by atoms with Gasteiger partial charge in [-0.3, -0.25) is 4.79 Å². The van der Waals surface area contributed by atoms with Gasteiger partial charge < -0.3 is 10.6 Å². The van der Waals surface area contributed by atoms with Crippen LogP contribution in [-0.2, 0) is 10.2 Å². The third-order valence-electron chi connectivity index (χ3n) is 2.97. The summed E-state index contributed by atoms with van der Waals surface area (Å²) in [5, 5.41) is 6.00. The summed E-state index contributed by atoms with van der Waals surface area (Å²) in [5.74, 6) is 0.777. The summed E-state index contributed by atoms with van der Waals surface area (Å²) in [6.07, 6.45) is 5.28. The lowest BCUT2D eigenvalue weighted by atomic mass is 9.96. The van der Waals surface area contributed by atoms with Gasteiger partial charge in [-0.1, -0.05) is 20.8 Å². The van der Waals surface area contributed by atoms with Gasteiger partial charge in [0.15, 0.2) is 0 Å². The third-order valence-corrected chi connectivity index (χ3v) is 2.97. The van der Waals surface area contributed by atoms with Crippen LogP contribution in [0.3, 0.4) is 0 Å². The molecule has 1 aliphatic heterocycles. The number of anilines is 1. The number of carbonyl (C=O) groups is 1. The number of rotatable bonds is 2. The summed E-state index contributed by atoms with van der Waals surface area (Å²) < 4.78 is 0. The van der Waals surface area contributed by atoms with E-state index < -0.39 is 0 Å². The number of nitrogens with zero attached hydrogens (tertiary/aromatic N) is 2. The first-order chi connectivity index (χ1) is 8.47. The monoisotopic (exact) mass is 248 g/mol. The SMILES string of the molecule is CC(C)(C)c1ncc(NC(=O)C2CCCN2)cn1. The largest absolute Gasteiger partial charge is 0.322 e. The molecule has 0 radical (unpaired) electrons. The Morgan fingerprint density at radius 1 is 1.39 bits per heavy atom. The molecule has 0 bridgehead atoms. The van der Waals surface area contributed by atoms with Crippen molar-refractivity contribution < 1.29 is 4.79 Å². The second kappa shape index (κ2) is 5.02. The van der Waals surface area contributed by atoms with Crippen molar-refractivity contribution in [2.45, 2.75) is 45.1 Å². The molecular formula is C13H20N4O. The molecule has 2 N–H and O–H groups in total. The quantitative estimate of drug-likeness (QED) is 0.831. The van der Waals surface area contributed by atoms with E-state index in [0.29, 0.717) is 5.69 Å². The fourth-order valence-corrected chi connectivity index (χ4v) is 1.92. The Morgan fingerprint density at radius 2 is 2.06 bits per heavy atom. The van der Waals surface area contributed by atoms with Crippen LogP contribution in [0.1, 0.15) is 39.4 Å². The summed E-state index contributed by atoms with van der Waals surface area (Å²) in [6.45, 7) is 7.09. The molecule has 1 fully saturated rings. The second-order valence-corrected chi connectivity index (χ2v) is 5.68. The van der Waals surface area contributed by atoms with Crippen molar-refractivity contribution in [1.82, 2.24) is 15.3 Å². The fourth-order valence-electron chi connectivity index (χ4n) is 1.92. The second-order valence-electron chi connectivity index (χ2n) is 5.68. The summed E-state index contributed by atoms with van der Waals surface area (Å²) in [7, 11) is 0. The highest BCUT2D eigenvalue weighted by atomic mass is 16.2. The minimum atomic E-state index is -0.0766. The summed E-state index contributed by atoms with van der Waals surface area (Å²) >= 11 is 0. The lowest BCUT2D eigenvalue weighted by Gasteiger charge is -2.16. The molecule has 1 aromatic heterocycles. The molecule has 0 spiro atoms. The summed E-state index contributed by atoms with van der Waals surface area (Å²) in [5.41, 5.74) is 0.580. The Hall–Kier alpha value is -1.49. The van der Waals surface area contributed by atoms with Gasteiger partial charge in [-0.25, -0.2) is 9.97 Å². The van der Waals surface area contributed by atoms with Crippen LogP contribution in [0.4, 0.5) is 5.69 Å². The number of carbonyl (C=O) groups excluding carboxylic acids is 1. The van der Waals surface area contributed by atoms with Crippen molar-refractivity contribution in [3.8, 4) is 0 Å². The minimum absolute atomic E-state index is 0.000362. The smallest absolute Gasteiger partial charge is 0.241 e. The van der Waals surface area contributed by atoms with Crippen molar-refractivity contribution >= 4 is 11.6 Å². The molecule has 2 rings (SSSR count). The molecule has 18 heavy (non-hydrogen) atoms. The lowest BCUT2D eigenvalue weighted by molar-refractivity contribution is -0.117. The molecule has 1 unspecified atom stereocenters. The van der Waals surface area contributed by atoms with E-state index in [0.717, 1.165) is 25.2 Å². The molecule has 1 atom stereocenters. The Bertz CT molecular complexity index is 416. The fraction of sp³-hybridized carbons (Fsp3) is 0.615. The van der Waals surface area contributed by atoms with Crippen LogP contribution in [0.25, 0.3) is 0 Å². The van der Waals surface area contributed by atoms with Crippen molar-refractivity contribution in [3.63, 3.8) is 0 Å². The third kappa shape index (κ3) is 3.04. The van der Waals surface area contributed by atoms with Gasteiger partial charge in [0.2, 0.25) is 5.91 Å². The van der Waals surface area contributed by atoms with Crippen molar-refractivity contribution in [3.05, 3.63) is 18.2 Å². The Labute approximate surface area is 107 Å². The zero-order valence-electron chi connectivity index (χ0n) is 11.2. The molecule has 1 amide bonds. The number of nitrogens with one attached hydrogen (secondary N) is 2. The van der Waals surface area contributed by atoms with Gasteiger partial charge in [0.25, 0.3) is 0 Å². The predicted molar refractivity (Wildman–Crippen MR) is 70.4 cm³/mol. The molecule has 98 valence electrons. The number of hydrogen-bond acceptors (Lipinski definition) is 4. The Morgan fingerprint density at radius 3 is 2.56 bits per heavy atom. The van der Waals surface area contributed by atoms with Crippen LogP contribution in [0.2, 0.25) is 0 Å². The highest BCUT2D eigenvalue weighted by molar-refractivity contribution is 5.94. The number of amides is 1. The van der Waals surface area contributed by atoms with Gasteiger partial charge in [0, 0.05) is 5.41 Å². The summed E-state index contributed by atoms with van der Waals surface area (Å²) in [6, 6.07) is -0.0766. The highest BCUT2D eigenvalue weighted by Crippen LogP contribution is 2.18. The van der Waals surface area contributed by atoms with E-state index >= 15 is 0 Å². The molecule has 1 saturated heterocycles. The highest BCUT2D eigenvalue weighted by Gasteiger charge is 2.22. The molecule has 5 nitrogen and oxygen atoms in total. The number of hydrogen-bond donors (Lipinski definition) is 2. The lowest BCUT2D eigenvalue weighted by Crippen LogP contribution is -2.35. The maximum absolute atomic E-state index is 11.9. The molecule has 1 aliphatic rings. The van der Waals surface area contributed by atoms with Gasteiger partial charge in [0.05, 0.1) is 24.1 Å². The average molecular weight is 248 g/mol. The zero-order valence-corrected chi connectivity index (χ0v) is 11.2. The van der Waals surface area contributed by atoms with E-state index in [4.69, 9.17) is 0 Å². The number of aromatic nitrogens is 2. The molecule has 0 saturated carbocycles. The predicted octanol–water partition coefficient (Wildman–Crippen LogP) is 1.46. The van der Waals surface area contributed by atoms with Crippen LogP contribution >= 0.6 is 0 Å². The molecule has 2 heterocycles. The van der Waals surface area contributed by atoms with Crippen LogP contribution in [-0.4, -0.2) is 28.5 Å².